The molecule has 0 N–H and O–H groups in total. The number of ether oxygens (including phenoxy) is 1. The molecule has 1 aliphatic heterocycles. The molecular weight excluding hydrogens is 456 g/mol. The molecule has 8 heteroatoms. The van der Waals surface area contributed by atoms with Crippen LogP contribution in [0.4, 0.5) is 10.5 Å². The first-order chi connectivity index (χ1) is 14.0. The van der Waals surface area contributed by atoms with E-state index in [-0.39, 0.29) is 23.7 Å². The third kappa shape index (κ3) is 3.73. The molecule has 29 heavy (non-hydrogen) atoms. The van der Waals surface area contributed by atoms with Crippen LogP contribution < -0.4 is 4.90 Å². The molecule has 1 saturated heterocycles. The number of aromatic nitrogens is 1. The summed E-state index contributed by atoms with van der Waals surface area (Å²) in [4.78, 5) is 38.6. The highest BCUT2D eigenvalue weighted by Crippen LogP contribution is 2.37. The first-order valence-electron chi connectivity index (χ1n) is 8.66. The van der Waals surface area contributed by atoms with Gasteiger partial charge in [0.05, 0.1) is 17.7 Å². The van der Waals surface area contributed by atoms with Crippen molar-refractivity contribution in [2.24, 2.45) is 0 Å². The van der Waals surface area contributed by atoms with Gasteiger partial charge in [-0.1, -0.05) is 34.1 Å². The Morgan fingerprint density at radius 3 is 2.66 bits per heavy atom. The van der Waals surface area contributed by atoms with Gasteiger partial charge in [-0.3, -0.25) is 14.4 Å². The number of para-hydroxylation sites is 1. The van der Waals surface area contributed by atoms with E-state index in [1.165, 1.54) is 12.0 Å². The summed E-state index contributed by atoms with van der Waals surface area (Å²) in [6.45, 7) is 0.0496. The summed E-state index contributed by atoms with van der Waals surface area (Å²) >= 11 is 4.36. The molecule has 0 aliphatic carbocycles. The number of carbonyl (C=O) groups excluding carboxylic acids is 3. The highest BCUT2D eigenvalue weighted by molar-refractivity contribution is 9.10. The Morgan fingerprint density at radius 1 is 1.17 bits per heavy atom. The smallest absolute Gasteiger partial charge is 0.325 e. The van der Waals surface area contributed by atoms with Gasteiger partial charge in [0.2, 0.25) is 0 Å². The Balaban J connectivity index is 1.76. The van der Waals surface area contributed by atoms with Crippen molar-refractivity contribution in [1.29, 1.82) is 0 Å². The van der Waals surface area contributed by atoms with Crippen LogP contribution in [0.25, 0.3) is 17.0 Å². The van der Waals surface area contributed by atoms with E-state index < -0.39 is 0 Å². The summed E-state index contributed by atoms with van der Waals surface area (Å²) in [7, 11) is 1.34. The topological polar surface area (TPSA) is 68.6 Å². The number of methoxy groups -OCH3 is 1. The van der Waals surface area contributed by atoms with Crippen molar-refractivity contribution in [3.63, 3.8) is 0 Å². The van der Waals surface area contributed by atoms with E-state index in [2.05, 4.69) is 15.9 Å². The van der Waals surface area contributed by atoms with Crippen LogP contribution in [0.15, 0.2) is 64.1 Å². The van der Waals surface area contributed by atoms with Gasteiger partial charge in [0.1, 0.15) is 6.54 Å². The van der Waals surface area contributed by atoms with Gasteiger partial charge in [-0.25, -0.2) is 4.90 Å². The Morgan fingerprint density at radius 2 is 1.93 bits per heavy atom. The lowest BCUT2D eigenvalue weighted by molar-refractivity contribution is -0.141. The monoisotopic (exact) mass is 470 g/mol. The molecule has 3 aromatic rings. The van der Waals surface area contributed by atoms with Crippen molar-refractivity contribution in [2.75, 3.05) is 12.0 Å². The number of benzene rings is 2. The highest BCUT2D eigenvalue weighted by Gasteiger charge is 2.36. The molecule has 2 aromatic carbocycles. The fraction of sp³-hybridized carbons (Fsp3) is 0.0952. The Labute approximate surface area is 179 Å². The molecule has 2 heterocycles. The van der Waals surface area contributed by atoms with Gasteiger partial charge in [-0.05, 0) is 48.2 Å². The van der Waals surface area contributed by atoms with E-state index in [9.17, 15) is 14.4 Å². The minimum atomic E-state index is -0.374. The van der Waals surface area contributed by atoms with Crippen molar-refractivity contribution in [3.8, 4) is 0 Å². The predicted octanol–water partition coefficient (Wildman–Crippen LogP) is 4.82. The van der Waals surface area contributed by atoms with Crippen LogP contribution in [0.5, 0.6) is 0 Å². The van der Waals surface area contributed by atoms with Crippen molar-refractivity contribution in [2.45, 2.75) is 6.54 Å². The average Bonchev–Trinajstić information content (AvgIpc) is 3.18. The third-order valence-electron chi connectivity index (χ3n) is 4.50. The lowest BCUT2D eigenvalue weighted by Gasteiger charge is -2.11. The quantitative estimate of drug-likeness (QED) is 0.403. The van der Waals surface area contributed by atoms with Crippen LogP contribution in [0, 0.1) is 0 Å². The minimum absolute atomic E-state index is 0.0496. The molecule has 0 bridgehead atoms. The molecule has 0 saturated carbocycles. The number of carbonyl (C=O) groups is 3. The van der Waals surface area contributed by atoms with Crippen molar-refractivity contribution < 1.29 is 19.1 Å². The maximum atomic E-state index is 12.9. The molecule has 0 radical (unpaired) electrons. The van der Waals surface area contributed by atoms with Crippen LogP contribution in [0.1, 0.15) is 5.56 Å². The second-order valence-corrected chi connectivity index (χ2v) is 8.21. The lowest BCUT2D eigenvalue weighted by atomic mass is 10.1. The van der Waals surface area contributed by atoms with Crippen LogP contribution in [0.2, 0.25) is 0 Å². The predicted molar refractivity (Wildman–Crippen MR) is 117 cm³/mol. The average molecular weight is 471 g/mol. The zero-order valence-electron chi connectivity index (χ0n) is 15.3. The van der Waals surface area contributed by atoms with Crippen LogP contribution in [0.3, 0.4) is 0 Å². The first-order valence-corrected chi connectivity index (χ1v) is 10.3. The number of halogens is 1. The molecule has 2 amide bonds. The van der Waals surface area contributed by atoms with Gasteiger partial charge in [-0.2, -0.15) is 0 Å². The molecule has 1 aliphatic rings. The maximum Gasteiger partial charge on any atom is 0.325 e. The van der Waals surface area contributed by atoms with E-state index in [1.807, 2.05) is 24.3 Å². The first kappa shape index (κ1) is 19.5. The molecule has 4 rings (SSSR count). The maximum absolute atomic E-state index is 12.9. The summed E-state index contributed by atoms with van der Waals surface area (Å²) in [5.41, 5.74) is 2.10. The Hall–Kier alpha value is -2.84. The molecule has 1 fully saturated rings. The van der Waals surface area contributed by atoms with E-state index in [4.69, 9.17) is 4.74 Å². The Kier molecular flexibility index (Phi) is 5.29. The zero-order chi connectivity index (χ0) is 20.5. The van der Waals surface area contributed by atoms with E-state index in [0.29, 0.717) is 10.6 Å². The number of nitrogens with zero attached hydrogens (tertiary/aromatic N) is 2. The molecule has 1 aromatic heterocycles. The third-order valence-corrected chi connectivity index (χ3v) is 5.86. The number of hydrogen-bond donors (Lipinski definition) is 0. The highest BCUT2D eigenvalue weighted by atomic mass is 79.9. The van der Waals surface area contributed by atoms with Gasteiger partial charge < -0.3 is 9.30 Å². The van der Waals surface area contributed by atoms with Gasteiger partial charge in [0.25, 0.3) is 11.1 Å². The number of thioether (sulfide) groups is 1. The van der Waals surface area contributed by atoms with Gasteiger partial charge in [-0.15, -0.1) is 0 Å². The summed E-state index contributed by atoms with van der Waals surface area (Å²) in [6.07, 6.45) is 3.47. The lowest BCUT2D eigenvalue weighted by Crippen LogP contribution is -2.27. The van der Waals surface area contributed by atoms with E-state index >= 15 is 0 Å². The van der Waals surface area contributed by atoms with Crippen molar-refractivity contribution >= 4 is 67.5 Å². The fourth-order valence-corrected chi connectivity index (χ4v) is 4.35. The molecule has 0 atom stereocenters. The SMILES string of the molecule is COC(=O)Cn1cc(/C=C2\SC(=O)N(c3ccccc3)C2=O)c2cc(Br)ccc21. The van der Waals surface area contributed by atoms with Crippen LogP contribution >= 0.6 is 27.7 Å². The molecule has 0 unspecified atom stereocenters. The molecule has 146 valence electrons. The molecule has 0 spiro atoms. The summed E-state index contributed by atoms with van der Waals surface area (Å²) in [5.74, 6) is -0.740. The zero-order valence-corrected chi connectivity index (χ0v) is 17.7. The summed E-state index contributed by atoms with van der Waals surface area (Å²) in [5, 5.41) is 0.515. The number of imide groups is 1. The number of fused-ring (bicyclic) bond motifs is 1. The van der Waals surface area contributed by atoms with Gasteiger partial charge in [0.15, 0.2) is 0 Å². The summed E-state index contributed by atoms with van der Waals surface area (Å²) < 4.78 is 7.40. The van der Waals surface area contributed by atoms with E-state index in [1.54, 1.807) is 41.1 Å². The number of hydrogen-bond acceptors (Lipinski definition) is 5. The van der Waals surface area contributed by atoms with Crippen molar-refractivity contribution in [1.82, 2.24) is 4.57 Å². The number of esters is 1. The van der Waals surface area contributed by atoms with Gasteiger partial charge >= 0.3 is 5.97 Å². The minimum Gasteiger partial charge on any atom is -0.468 e. The Bertz CT molecular complexity index is 1170. The number of amides is 2. The second-order valence-electron chi connectivity index (χ2n) is 6.30. The number of rotatable bonds is 4. The fourth-order valence-electron chi connectivity index (χ4n) is 3.16. The summed E-state index contributed by atoms with van der Waals surface area (Å²) in [6, 6.07) is 14.5. The second kappa shape index (κ2) is 7.88. The normalized spacial score (nSPS) is 15.5. The van der Waals surface area contributed by atoms with E-state index in [0.717, 1.165) is 32.7 Å². The largest absolute Gasteiger partial charge is 0.468 e. The number of anilines is 1. The van der Waals surface area contributed by atoms with Gasteiger partial charge in [0, 0.05) is 27.1 Å². The molecular formula is C21H15BrN2O4S. The van der Waals surface area contributed by atoms with Crippen molar-refractivity contribution in [3.05, 3.63) is 69.7 Å². The van der Waals surface area contributed by atoms with Crippen LogP contribution in [-0.4, -0.2) is 28.8 Å². The van der Waals surface area contributed by atoms with Crippen LogP contribution in [-0.2, 0) is 20.9 Å². The molecule has 6 nitrogen and oxygen atoms in total. The standard InChI is InChI=1S/C21H15BrN2O4S/c1-28-19(25)12-23-11-13(16-10-14(22)7-8-17(16)23)9-18-20(26)24(21(27)29-18)15-5-3-2-4-6-15/h2-11H,12H2,1H3/b18-9-.